The summed E-state index contributed by atoms with van der Waals surface area (Å²) in [5.74, 6) is -0.307. The second kappa shape index (κ2) is 6.23. The molecule has 2 aromatic rings. The van der Waals surface area contributed by atoms with Crippen molar-refractivity contribution >= 4 is 5.91 Å². The van der Waals surface area contributed by atoms with Gasteiger partial charge in [0.1, 0.15) is 0 Å². The number of primary amides is 1. The topological polar surface area (TPSA) is 48.0 Å². The van der Waals surface area contributed by atoms with Crippen LogP contribution in [0.2, 0.25) is 0 Å². The van der Waals surface area contributed by atoms with Crippen molar-refractivity contribution in [1.29, 1.82) is 0 Å². The van der Waals surface area contributed by atoms with Crippen molar-refractivity contribution in [3.63, 3.8) is 0 Å². The van der Waals surface area contributed by atoms with Crippen LogP contribution in [0.15, 0.2) is 24.3 Å². The van der Waals surface area contributed by atoms with Crippen LogP contribution in [-0.2, 0) is 6.42 Å². The van der Waals surface area contributed by atoms with Gasteiger partial charge in [0.05, 0.1) is 5.56 Å². The normalized spacial score (nSPS) is 14.2. The van der Waals surface area contributed by atoms with E-state index < -0.39 is 0 Å². The quantitative estimate of drug-likeness (QED) is 0.836. The van der Waals surface area contributed by atoms with E-state index in [1.807, 2.05) is 12.1 Å². The molecule has 0 radical (unpaired) electrons. The molecule has 0 unspecified atom stereocenters. The average molecular weight is 310 g/mol. The Kier molecular flexibility index (Phi) is 4.29. The first-order valence-electron chi connectivity index (χ1n) is 8.65. The molecule has 0 bridgehead atoms. The number of hydrogen-bond acceptors (Lipinski definition) is 1. The lowest BCUT2D eigenvalue weighted by molar-refractivity contribution is 0.1000. The number of nitrogens with zero attached hydrogens (tertiary/aromatic N) is 1. The van der Waals surface area contributed by atoms with Crippen LogP contribution in [0, 0.1) is 13.8 Å². The smallest absolute Gasteiger partial charge is 0.251 e. The van der Waals surface area contributed by atoms with Crippen LogP contribution in [-0.4, -0.2) is 10.5 Å². The average Bonchev–Trinajstić information content (AvgIpc) is 3.30. The van der Waals surface area contributed by atoms with Gasteiger partial charge in [-0.3, -0.25) is 4.79 Å². The van der Waals surface area contributed by atoms with Crippen LogP contribution in [0.1, 0.15) is 66.0 Å². The molecule has 1 aliphatic carbocycles. The van der Waals surface area contributed by atoms with E-state index in [2.05, 4.69) is 37.5 Å². The number of carbonyl (C=O) groups is 1. The number of nitrogens with two attached hydrogens (primary N) is 1. The van der Waals surface area contributed by atoms with E-state index in [4.69, 9.17) is 5.73 Å². The molecular formula is C20H26N2O. The Morgan fingerprint density at radius 2 is 1.96 bits per heavy atom. The Hall–Kier alpha value is -2.03. The monoisotopic (exact) mass is 310 g/mol. The molecule has 2 N–H and O–H groups in total. The first kappa shape index (κ1) is 15.9. The van der Waals surface area contributed by atoms with Gasteiger partial charge in [0.2, 0.25) is 0 Å². The molecule has 3 rings (SSSR count). The van der Waals surface area contributed by atoms with E-state index in [1.54, 1.807) is 0 Å². The molecule has 0 spiro atoms. The van der Waals surface area contributed by atoms with Gasteiger partial charge < -0.3 is 10.3 Å². The Balaban J connectivity index is 2.28. The maximum atomic E-state index is 12.2. The second-order valence-electron chi connectivity index (χ2n) is 6.67. The molecule has 1 aromatic carbocycles. The van der Waals surface area contributed by atoms with Gasteiger partial charge in [-0.2, -0.15) is 0 Å². The Bertz CT molecular complexity index is 738. The number of aryl methyl sites for hydroxylation is 1. The molecule has 3 nitrogen and oxygen atoms in total. The largest absolute Gasteiger partial charge is 0.366 e. The zero-order valence-electron chi connectivity index (χ0n) is 14.4. The minimum atomic E-state index is -0.307. The Morgan fingerprint density at radius 3 is 2.52 bits per heavy atom. The van der Waals surface area contributed by atoms with E-state index >= 15 is 0 Å². The summed E-state index contributed by atoms with van der Waals surface area (Å²) >= 11 is 0. The molecule has 1 aromatic heterocycles. The molecule has 0 atom stereocenters. The zero-order valence-corrected chi connectivity index (χ0v) is 14.4. The van der Waals surface area contributed by atoms with E-state index in [0.717, 1.165) is 41.6 Å². The van der Waals surface area contributed by atoms with Gasteiger partial charge in [-0.25, -0.2) is 0 Å². The van der Waals surface area contributed by atoms with Crippen LogP contribution < -0.4 is 5.73 Å². The third-order valence-corrected chi connectivity index (χ3v) is 4.89. The highest BCUT2D eigenvalue weighted by atomic mass is 16.1. The fourth-order valence-electron chi connectivity index (χ4n) is 3.63. The van der Waals surface area contributed by atoms with Crippen molar-refractivity contribution < 1.29 is 4.79 Å². The summed E-state index contributed by atoms with van der Waals surface area (Å²) in [5.41, 5.74) is 12.3. The summed E-state index contributed by atoms with van der Waals surface area (Å²) in [6, 6.07) is 8.86. The number of benzene rings is 1. The summed E-state index contributed by atoms with van der Waals surface area (Å²) in [5, 5.41) is 0. The van der Waals surface area contributed by atoms with Crippen LogP contribution in [0.4, 0.5) is 0 Å². The van der Waals surface area contributed by atoms with Crippen LogP contribution in [0.25, 0.3) is 11.1 Å². The van der Waals surface area contributed by atoms with Crippen molar-refractivity contribution in [2.45, 2.75) is 58.9 Å². The van der Waals surface area contributed by atoms with Gasteiger partial charge in [0.25, 0.3) is 5.91 Å². The minimum Gasteiger partial charge on any atom is -0.366 e. The predicted octanol–water partition coefficient (Wildman–Crippen LogP) is 4.55. The minimum absolute atomic E-state index is 0.307. The first-order chi connectivity index (χ1) is 11.1. The molecule has 1 amide bonds. The fraction of sp³-hybridized carbons (Fsp3) is 0.450. The van der Waals surface area contributed by atoms with Crippen molar-refractivity contribution in [3.05, 3.63) is 46.8 Å². The second-order valence-corrected chi connectivity index (χ2v) is 6.67. The van der Waals surface area contributed by atoms with Gasteiger partial charge in [0.15, 0.2) is 0 Å². The molecule has 1 aliphatic rings. The number of carbonyl (C=O) groups excluding carboxylic acids is 1. The van der Waals surface area contributed by atoms with Crippen molar-refractivity contribution in [2.75, 3.05) is 0 Å². The SMILES string of the molecule is CCCCc1c(-c2ccccc2C)c(C(N)=O)c(C)n1C1CC1. The summed E-state index contributed by atoms with van der Waals surface area (Å²) in [6.07, 6.45) is 5.70. The molecule has 1 heterocycles. The van der Waals surface area contributed by atoms with Gasteiger partial charge in [-0.15, -0.1) is 0 Å². The van der Waals surface area contributed by atoms with Gasteiger partial charge in [0, 0.05) is 23.0 Å². The summed E-state index contributed by atoms with van der Waals surface area (Å²) in [4.78, 5) is 12.2. The number of hydrogen-bond donors (Lipinski definition) is 1. The molecule has 122 valence electrons. The maximum absolute atomic E-state index is 12.2. The predicted molar refractivity (Wildman–Crippen MR) is 94.7 cm³/mol. The van der Waals surface area contributed by atoms with E-state index in [1.165, 1.54) is 24.1 Å². The number of aromatic nitrogens is 1. The zero-order chi connectivity index (χ0) is 16.6. The molecule has 1 fully saturated rings. The lowest BCUT2D eigenvalue weighted by Gasteiger charge is -2.13. The molecule has 0 saturated heterocycles. The van der Waals surface area contributed by atoms with Gasteiger partial charge in [-0.1, -0.05) is 37.6 Å². The van der Waals surface area contributed by atoms with E-state index in [-0.39, 0.29) is 5.91 Å². The Morgan fingerprint density at radius 1 is 1.26 bits per heavy atom. The third-order valence-electron chi connectivity index (χ3n) is 4.89. The molecule has 3 heteroatoms. The van der Waals surface area contributed by atoms with Crippen molar-refractivity contribution in [2.24, 2.45) is 5.73 Å². The highest BCUT2D eigenvalue weighted by molar-refractivity contribution is 6.02. The Labute approximate surface area is 138 Å². The molecule has 0 aliphatic heterocycles. The summed E-state index contributed by atoms with van der Waals surface area (Å²) < 4.78 is 2.40. The molecule has 1 saturated carbocycles. The van der Waals surface area contributed by atoms with Crippen LogP contribution >= 0.6 is 0 Å². The fourth-order valence-corrected chi connectivity index (χ4v) is 3.63. The lowest BCUT2D eigenvalue weighted by atomic mass is 9.94. The molecule has 23 heavy (non-hydrogen) atoms. The lowest BCUT2D eigenvalue weighted by Crippen LogP contribution is -2.13. The van der Waals surface area contributed by atoms with Crippen molar-refractivity contribution in [3.8, 4) is 11.1 Å². The first-order valence-corrected chi connectivity index (χ1v) is 8.65. The van der Waals surface area contributed by atoms with Gasteiger partial charge >= 0.3 is 0 Å². The number of amides is 1. The van der Waals surface area contributed by atoms with Gasteiger partial charge in [-0.05, 0) is 50.7 Å². The highest BCUT2D eigenvalue weighted by Gasteiger charge is 2.32. The maximum Gasteiger partial charge on any atom is 0.251 e. The summed E-state index contributed by atoms with van der Waals surface area (Å²) in [7, 11) is 0. The molecular weight excluding hydrogens is 284 g/mol. The summed E-state index contributed by atoms with van der Waals surface area (Å²) in [6.45, 7) is 6.36. The van der Waals surface area contributed by atoms with E-state index in [0.29, 0.717) is 6.04 Å². The third kappa shape index (κ3) is 2.80. The highest BCUT2D eigenvalue weighted by Crippen LogP contribution is 2.44. The standard InChI is InChI=1S/C20H26N2O/c1-4-5-10-17-19(16-9-7-6-8-13(16)2)18(20(21)23)14(3)22(17)15-11-12-15/h6-9,15H,4-5,10-12H2,1-3H3,(H2,21,23). The number of rotatable bonds is 6. The van der Waals surface area contributed by atoms with E-state index in [9.17, 15) is 4.79 Å². The van der Waals surface area contributed by atoms with Crippen LogP contribution in [0.5, 0.6) is 0 Å². The number of unbranched alkanes of at least 4 members (excludes halogenated alkanes) is 1. The van der Waals surface area contributed by atoms with Crippen LogP contribution in [0.3, 0.4) is 0 Å². The van der Waals surface area contributed by atoms with Crippen molar-refractivity contribution in [1.82, 2.24) is 4.57 Å².